The molecule has 6 nitrogen and oxygen atoms in total. The summed E-state index contributed by atoms with van der Waals surface area (Å²) in [5.41, 5.74) is 0.962. The molecule has 0 radical (unpaired) electrons. The van der Waals surface area contributed by atoms with Gasteiger partial charge in [0, 0.05) is 31.3 Å². The Morgan fingerprint density at radius 1 is 1.40 bits per heavy atom. The van der Waals surface area contributed by atoms with E-state index in [1.807, 2.05) is 13.8 Å². The van der Waals surface area contributed by atoms with E-state index >= 15 is 0 Å². The van der Waals surface area contributed by atoms with Crippen LogP contribution in [0.4, 0.5) is 18.9 Å². The zero-order valence-corrected chi connectivity index (χ0v) is 13.8. The van der Waals surface area contributed by atoms with Crippen LogP contribution in [-0.2, 0) is 11.3 Å². The van der Waals surface area contributed by atoms with Crippen LogP contribution in [0.2, 0.25) is 0 Å². The zero-order chi connectivity index (χ0) is 18.9. The molecule has 0 bridgehead atoms. The van der Waals surface area contributed by atoms with Gasteiger partial charge in [-0.2, -0.15) is 13.2 Å². The quantitative estimate of drug-likeness (QED) is 0.643. The van der Waals surface area contributed by atoms with Crippen molar-refractivity contribution in [1.29, 1.82) is 0 Å². The number of alkyl halides is 3. The summed E-state index contributed by atoms with van der Waals surface area (Å²) < 4.78 is 39.0. The van der Waals surface area contributed by atoms with Crippen molar-refractivity contribution in [2.24, 2.45) is 11.8 Å². The summed E-state index contributed by atoms with van der Waals surface area (Å²) in [5, 5.41) is 20.2. The molecule has 1 aromatic rings. The number of rotatable bonds is 5. The van der Waals surface area contributed by atoms with E-state index < -0.39 is 35.4 Å². The summed E-state index contributed by atoms with van der Waals surface area (Å²) in [4.78, 5) is 23.2. The molecule has 0 unspecified atom stereocenters. The van der Waals surface area contributed by atoms with Crippen LogP contribution in [-0.4, -0.2) is 40.2 Å². The molecule has 1 heterocycles. The summed E-state index contributed by atoms with van der Waals surface area (Å²) in [6.07, 6.45) is -4.59. The predicted molar refractivity (Wildman–Crippen MR) is 83.1 cm³/mol. The highest BCUT2D eigenvalue weighted by Crippen LogP contribution is 2.38. The monoisotopic (exact) mass is 360 g/mol. The first-order valence-electron chi connectivity index (χ1n) is 7.79. The molecule has 2 rings (SSSR count). The third kappa shape index (κ3) is 4.28. The molecule has 0 aliphatic carbocycles. The van der Waals surface area contributed by atoms with Crippen LogP contribution in [0, 0.1) is 22.0 Å². The van der Waals surface area contributed by atoms with Crippen LogP contribution in [0.3, 0.4) is 0 Å². The molecule has 1 aliphatic heterocycles. The maximum absolute atomic E-state index is 13.0. The van der Waals surface area contributed by atoms with E-state index in [4.69, 9.17) is 5.11 Å². The molecule has 1 saturated heterocycles. The van der Waals surface area contributed by atoms with Gasteiger partial charge in [0.1, 0.15) is 0 Å². The topological polar surface area (TPSA) is 83.7 Å². The second-order valence-electron chi connectivity index (χ2n) is 6.59. The van der Waals surface area contributed by atoms with Crippen molar-refractivity contribution in [1.82, 2.24) is 4.90 Å². The van der Waals surface area contributed by atoms with Gasteiger partial charge in [0.05, 0.1) is 16.8 Å². The van der Waals surface area contributed by atoms with E-state index in [0.29, 0.717) is 11.1 Å². The van der Waals surface area contributed by atoms with Gasteiger partial charge in [-0.3, -0.25) is 19.8 Å². The molecule has 1 fully saturated rings. The van der Waals surface area contributed by atoms with E-state index in [9.17, 15) is 28.1 Å². The van der Waals surface area contributed by atoms with Crippen molar-refractivity contribution in [3.8, 4) is 0 Å². The second kappa shape index (κ2) is 6.99. The average Bonchev–Trinajstić information content (AvgIpc) is 2.91. The predicted octanol–water partition coefficient (Wildman–Crippen LogP) is 3.41. The van der Waals surface area contributed by atoms with Gasteiger partial charge in [0.2, 0.25) is 0 Å². The number of likely N-dealkylation sites (tertiary alicyclic amines) is 1. The molecule has 138 valence electrons. The number of hydrogen-bond donors (Lipinski definition) is 1. The molecule has 9 heteroatoms. The Hall–Kier alpha value is -2.16. The first-order valence-corrected chi connectivity index (χ1v) is 7.79. The van der Waals surface area contributed by atoms with Gasteiger partial charge in [-0.15, -0.1) is 0 Å². The summed E-state index contributed by atoms with van der Waals surface area (Å²) in [7, 11) is 0. The fourth-order valence-corrected chi connectivity index (χ4v) is 3.19. The van der Waals surface area contributed by atoms with Crippen LogP contribution < -0.4 is 0 Å². The molecular weight excluding hydrogens is 341 g/mol. The standard InChI is InChI=1S/C16H19F3N2O4/c1-9(2)11-4-3-10(5-14(11)21(24)25)6-20-7-12(15(22)23)13(8-20)16(17,18)19/h3-5,9,12-13H,6-8H2,1-2H3,(H,22,23)/t12-,13-/m1/s1. The third-order valence-corrected chi connectivity index (χ3v) is 4.45. The Morgan fingerprint density at radius 3 is 2.48 bits per heavy atom. The van der Waals surface area contributed by atoms with Crippen LogP contribution in [0.25, 0.3) is 0 Å². The van der Waals surface area contributed by atoms with E-state index in [1.54, 1.807) is 12.1 Å². The lowest BCUT2D eigenvalue weighted by atomic mass is 9.96. The van der Waals surface area contributed by atoms with Gasteiger partial charge >= 0.3 is 12.1 Å². The maximum atomic E-state index is 13.0. The van der Waals surface area contributed by atoms with Crippen molar-refractivity contribution in [2.75, 3.05) is 13.1 Å². The summed E-state index contributed by atoms with van der Waals surface area (Å²) in [6, 6.07) is 4.59. The molecule has 1 N–H and O–H groups in total. The fraction of sp³-hybridized carbons (Fsp3) is 0.562. The maximum Gasteiger partial charge on any atom is 0.393 e. The largest absolute Gasteiger partial charge is 0.481 e. The first-order chi connectivity index (χ1) is 11.5. The number of nitrogens with zero attached hydrogens (tertiary/aromatic N) is 2. The van der Waals surface area contributed by atoms with E-state index in [-0.39, 0.29) is 24.7 Å². The number of carboxylic acids is 1. The van der Waals surface area contributed by atoms with Gasteiger partial charge in [-0.25, -0.2) is 0 Å². The number of aliphatic carboxylic acids is 1. The minimum atomic E-state index is -4.59. The number of benzene rings is 1. The van der Waals surface area contributed by atoms with Crippen molar-refractivity contribution in [3.63, 3.8) is 0 Å². The lowest BCUT2D eigenvalue weighted by Gasteiger charge is -2.18. The van der Waals surface area contributed by atoms with Gasteiger partial charge in [-0.05, 0) is 11.5 Å². The number of carboxylic acid groups (broad SMARTS) is 1. The normalized spacial score (nSPS) is 21.7. The Bertz CT molecular complexity index is 676. The highest BCUT2D eigenvalue weighted by Gasteiger charge is 2.52. The zero-order valence-electron chi connectivity index (χ0n) is 13.8. The molecule has 25 heavy (non-hydrogen) atoms. The highest BCUT2D eigenvalue weighted by atomic mass is 19.4. The Balaban J connectivity index is 2.21. The molecule has 1 aromatic carbocycles. The number of carbonyl (C=O) groups is 1. The number of nitro groups is 1. The first kappa shape index (κ1) is 19.2. The van der Waals surface area contributed by atoms with Gasteiger partial charge in [0.25, 0.3) is 5.69 Å². The summed E-state index contributed by atoms with van der Waals surface area (Å²) in [6.45, 7) is 3.00. The SMILES string of the molecule is CC(C)c1ccc(CN2C[C@@H](C(F)(F)F)[C@H](C(=O)O)C2)cc1[N+](=O)[O-]. The number of hydrogen-bond acceptors (Lipinski definition) is 4. The molecule has 0 aromatic heterocycles. The molecule has 1 aliphatic rings. The fourth-order valence-electron chi connectivity index (χ4n) is 3.19. The molecule has 2 atom stereocenters. The Kier molecular flexibility index (Phi) is 5.36. The van der Waals surface area contributed by atoms with Crippen LogP contribution >= 0.6 is 0 Å². The highest BCUT2D eigenvalue weighted by molar-refractivity contribution is 5.71. The van der Waals surface area contributed by atoms with Crippen molar-refractivity contribution in [3.05, 3.63) is 39.4 Å². The summed E-state index contributed by atoms with van der Waals surface area (Å²) in [5.74, 6) is -5.00. The molecule has 0 amide bonds. The number of halogens is 3. The Labute approximate surface area is 142 Å². The molecule has 0 spiro atoms. The second-order valence-corrected chi connectivity index (χ2v) is 6.59. The van der Waals surface area contributed by atoms with Crippen LogP contribution in [0.1, 0.15) is 30.9 Å². The minimum absolute atomic E-state index is 0.0373. The lowest BCUT2D eigenvalue weighted by molar-refractivity contribution is -0.385. The van der Waals surface area contributed by atoms with Crippen molar-refractivity contribution < 1.29 is 28.0 Å². The minimum Gasteiger partial charge on any atom is -0.481 e. The van der Waals surface area contributed by atoms with Gasteiger partial charge in [-0.1, -0.05) is 26.0 Å². The molecular formula is C16H19F3N2O4. The summed E-state index contributed by atoms with van der Waals surface area (Å²) >= 11 is 0. The average molecular weight is 360 g/mol. The third-order valence-electron chi connectivity index (χ3n) is 4.45. The number of nitro benzene ring substituents is 1. The van der Waals surface area contributed by atoms with E-state index in [2.05, 4.69) is 0 Å². The molecule has 0 saturated carbocycles. The van der Waals surface area contributed by atoms with Crippen molar-refractivity contribution in [2.45, 2.75) is 32.5 Å². The van der Waals surface area contributed by atoms with E-state index in [0.717, 1.165) is 0 Å². The van der Waals surface area contributed by atoms with Crippen molar-refractivity contribution >= 4 is 11.7 Å². The van der Waals surface area contributed by atoms with Gasteiger partial charge in [0.15, 0.2) is 0 Å². The Morgan fingerprint density at radius 2 is 2.04 bits per heavy atom. The smallest absolute Gasteiger partial charge is 0.393 e. The van der Waals surface area contributed by atoms with Crippen LogP contribution in [0.15, 0.2) is 18.2 Å². The van der Waals surface area contributed by atoms with Gasteiger partial charge < -0.3 is 5.11 Å². The van der Waals surface area contributed by atoms with Crippen LogP contribution in [0.5, 0.6) is 0 Å². The lowest BCUT2D eigenvalue weighted by Crippen LogP contribution is -2.33. The van der Waals surface area contributed by atoms with E-state index in [1.165, 1.54) is 11.0 Å².